The van der Waals surface area contributed by atoms with Gasteiger partial charge in [-0.2, -0.15) is 0 Å². The minimum absolute atomic E-state index is 0.368. The van der Waals surface area contributed by atoms with Gasteiger partial charge in [0.25, 0.3) is 0 Å². The summed E-state index contributed by atoms with van der Waals surface area (Å²) in [6, 6.07) is 5.16. The number of benzene rings is 1. The van der Waals surface area contributed by atoms with Gasteiger partial charge in [-0.15, -0.1) is 10.2 Å². The second kappa shape index (κ2) is 9.21. The summed E-state index contributed by atoms with van der Waals surface area (Å²) in [4.78, 5) is 24.2. The van der Waals surface area contributed by atoms with E-state index in [0.717, 1.165) is 21.2 Å². The quantitative estimate of drug-likeness (QED) is 0.715. The molecule has 2 rings (SSSR count). The number of aryl methyl sites for hydroxylation is 2. The molecule has 1 aromatic heterocycles. The molecule has 0 aliphatic heterocycles. The van der Waals surface area contributed by atoms with Gasteiger partial charge in [0.2, 0.25) is 5.91 Å². The van der Waals surface area contributed by atoms with Gasteiger partial charge in [0.15, 0.2) is 8.68 Å². The number of amides is 3. The Labute approximate surface area is 159 Å². The summed E-state index contributed by atoms with van der Waals surface area (Å²) >= 11 is 4.36. The van der Waals surface area contributed by atoms with Crippen molar-refractivity contribution in [3.8, 4) is 0 Å². The topological polar surface area (TPSA) is 84.0 Å². The van der Waals surface area contributed by atoms with Crippen molar-refractivity contribution < 1.29 is 9.59 Å². The Morgan fingerprint density at radius 1 is 1.24 bits per heavy atom. The van der Waals surface area contributed by atoms with Crippen LogP contribution in [0.4, 0.5) is 10.5 Å². The van der Waals surface area contributed by atoms with E-state index >= 15 is 0 Å². The van der Waals surface area contributed by atoms with Gasteiger partial charge in [-0.1, -0.05) is 59.5 Å². The molecule has 3 amide bonds. The lowest BCUT2D eigenvalue weighted by atomic mass is 10.1. The minimum atomic E-state index is -0.538. The highest BCUT2D eigenvalue weighted by atomic mass is 32.2. The third-order valence-corrected chi connectivity index (χ3v) is 6.29. The lowest BCUT2D eigenvalue weighted by molar-refractivity contribution is -0.119. The number of urea groups is 1. The maximum Gasteiger partial charge on any atom is 0.325 e. The van der Waals surface area contributed by atoms with E-state index in [2.05, 4.69) is 20.8 Å². The summed E-state index contributed by atoms with van der Waals surface area (Å²) in [5.74, 6) is 0.556. The maximum absolute atomic E-state index is 12.2. The van der Waals surface area contributed by atoms with E-state index in [-0.39, 0.29) is 5.91 Å². The van der Waals surface area contributed by atoms with Gasteiger partial charge < -0.3 is 5.32 Å². The van der Waals surface area contributed by atoms with E-state index in [4.69, 9.17) is 0 Å². The first-order chi connectivity index (χ1) is 11.9. The van der Waals surface area contributed by atoms with E-state index in [9.17, 15) is 9.59 Å². The highest BCUT2D eigenvalue weighted by molar-refractivity contribution is 8.03. The van der Waals surface area contributed by atoms with Crippen molar-refractivity contribution in [2.45, 2.75) is 41.6 Å². The zero-order valence-electron chi connectivity index (χ0n) is 14.5. The fraction of sp³-hybridized carbons (Fsp3) is 0.375. The number of hydrogen-bond donors (Lipinski definition) is 2. The molecule has 2 aromatic rings. The summed E-state index contributed by atoms with van der Waals surface area (Å²) in [6.45, 7) is 7.67. The Balaban J connectivity index is 1.87. The molecular formula is C16H20N4O2S3. The Morgan fingerprint density at radius 3 is 2.64 bits per heavy atom. The van der Waals surface area contributed by atoms with Crippen LogP contribution in [0.3, 0.4) is 0 Å². The number of imide groups is 1. The third-order valence-electron chi connectivity index (χ3n) is 3.17. The molecule has 0 aliphatic carbocycles. The Bertz CT molecular complexity index is 764. The van der Waals surface area contributed by atoms with Crippen LogP contribution in [0.15, 0.2) is 26.9 Å². The standard InChI is InChI=1S/C16H20N4O2S3/c1-5-23-15-19-20-16(25-15)24-11(4)13(21)18-14(22)17-12-7-6-9(2)8-10(12)3/h6-8,11H,5H2,1-4H3,(H2,17,18,21,22). The molecule has 1 atom stereocenters. The summed E-state index contributed by atoms with van der Waals surface area (Å²) in [6.07, 6.45) is 0. The monoisotopic (exact) mass is 396 g/mol. The molecule has 9 heteroatoms. The maximum atomic E-state index is 12.2. The van der Waals surface area contributed by atoms with E-state index < -0.39 is 11.3 Å². The summed E-state index contributed by atoms with van der Waals surface area (Å²) in [7, 11) is 0. The van der Waals surface area contributed by atoms with Crippen molar-refractivity contribution >= 4 is 52.5 Å². The number of rotatable bonds is 6. The van der Waals surface area contributed by atoms with Crippen molar-refractivity contribution in [3.05, 3.63) is 29.3 Å². The fourth-order valence-corrected chi connectivity index (χ4v) is 5.01. The van der Waals surface area contributed by atoms with Gasteiger partial charge in [0.1, 0.15) is 0 Å². The molecule has 134 valence electrons. The number of anilines is 1. The second-order valence-electron chi connectivity index (χ2n) is 5.29. The van der Waals surface area contributed by atoms with Crippen LogP contribution in [-0.4, -0.2) is 33.1 Å². The lowest BCUT2D eigenvalue weighted by Crippen LogP contribution is -2.39. The van der Waals surface area contributed by atoms with Crippen LogP contribution in [0.5, 0.6) is 0 Å². The molecule has 2 N–H and O–H groups in total. The fourth-order valence-electron chi connectivity index (χ4n) is 1.95. The Morgan fingerprint density at radius 2 is 1.96 bits per heavy atom. The first-order valence-electron chi connectivity index (χ1n) is 7.71. The highest BCUT2D eigenvalue weighted by Crippen LogP contribution is 2.31. The molecule has 1 aromatic carbocycles. The SMILES string of the molecule is CCSc1nnc(SC(C)C(=O)NC(=O)Nc2ccc(C)cc2C)s1. The lowest BCUT2D eigenvalue weighted by Gasteiger charge is -2.12. The number of thioether (sulfide) groups is 2. The van der Waals surface area contributed by atoms with Gasteiger partial charge >= 0.3 is 6.03 Å². The predicted molar refractivity (Wildman–Crippen MR) is 105 cm³/mol. The van der Waals surface area contributed by atoms with Crippen molar-refractivity contribution in [1.29, 1.82) is 0 Å². The van der Waals surface area contributed by atoms with Crippen molar-refractivity contribution in [1.82, 2.24) is 15.5 Å². The third kappa shape index (κ3) is 6.02. The zero-order valence-corrected chi connectivity index (χ0v) is 16.9. The smallest absolute Gasteiger partial charge is 0.307 e. The number of nitrogens with zero attached hydrogens (tertiary/aromatic N) is 2. The molecule has 1 unspecified atom stereocenters. The number of nitrogens with one attached hydrogen (secondary N) is 2. The van der Waals surface area contributed by atoms with Crippen LogP contribution < -0.4 is 10.6 Å². The first kappa shape index (κ1) is 19.7. The summed E-state index contributed by atoms with van der Waals surface area (Å²) in [5, 5.41) is 12.7. The van der Waals surface area contributed by atoms with Crippen LogP contribution in [0, 0.1) is 13.8 Å². The molecular weight excluding hydrogens is 376 g/mol. The molecule has 0 aliphatic rings. The normalized spacial score (nSPS) is 11.8. The number of hydrogen-bond acceptors (Lipinski definition) is 7. The predicted octanol–water partition coefficient (Wildman–Crippen LogP) is 4.10. The van der Waals surface area contributed by atoms with Crippen LogP contribution in [0.2, 0.25) is 0 Å². The highest BCUT2D eigenvalue weighted by Gasteiger charge is 2.19. The Kier molecular flexibility index (Phi) is 7.27. The van der Waals surface area contributed by atoms with Gasteiger partial charge in [0, 0.05) is 5.69 Å². The van der Waals surface area contributed by atoms with E-state index in [1.54, 1.807) is 18.7 Å². The van der Waals surface area contributed by atoms with E-state index in [0.29, 0.717) is 10.0 Å². The Hall–Kier alpha value is -1.58. The number of carbonyl (C=O) groups is 2. The molecule has 1 heterocycles. The molecule has 0 spiro atoms. The average molecular weight is 397 g/mol. The molecule has 0 saturated carbocycles. The zero-order chi connectivity index (χ0) is 18.4. The van der Waals surface area contributed by atoms with Crippen LogP contribution >= 0.6 is 34.9 Å². The van der Waals surface area contributed by atoms with Crippen LogP contribution in [0.25, 0.3) is 0 Å². The largest absolute Gasteiger partial charge is 0.325 e. The molecule has 0 bridgehead atoms. The van der Waals surface area contributed by atoms with Gasteiger partial charge in [-0.3, -0.25) is 10.1 Å². The number of carbonyl (C=O) groups excluding carboxylic acids is 2. The molecule has 0 radical (unpaired) electrons. The molecule has 25 heavy (non-hydrogen) atoms. The van der Waals surface area contributed by atoms with Gasteiger partial charge in [0.05, 0.1) is 5.25 Å². The van der Waals surface area contributed by atoms with E-state index in [1.165, 1.54) is 23.1 Å². The van der Waals surface area contributed by atoms with Crippen molar-refractivity contribution in [3.63, 3.8) is 0 Å². The minimum Gasteiger partial charge on any atom is -0.307 e. The van der Waals surface area contributed by atoms with Gasteiger partial charge in [-0.25, -0.2) is 4.79 Å². The molecule has 0 saturated heterocycles. The first-order valence-corrected chi connectivity index (χ1v) is 10.4. The molecule has 0 fully saturated rings. The molecule has 6 nitrogen and oxygen atoms in total. The van der Waals surface area contributed by atoms with E-state index in [1.807, 2.05) is 39.0 Å². The number of aromatic nitrogens is 2. The van der Waals surface area contributed by atoms with Crippen LogP contribution in [-0.2, 0) is 4.79 Å². The second-order valence-corrected chi connectivity index (χ2v) is 9.37. The van der Waals surface area contributed by atoms with Crippen LogP contribution in [0.1, 0.15) is 25.0 Å². The van der Waals surface area contributed by atoms with Gasteiger partial charge in [-0.05, 0) is 38.2 Å². The average Bonchev–Trinajstić information content (AvgIpc) is 2.97. The van der Waals surface area contributed by atoms with Crippen molar-refractivity contribution in [2.75, 3.05) is 11.1 Å². The summed E-state index contributed by atoms with van der Waals surface area (Å²) < 4.78 is 1.60. The summed E-state index contributed by atoms with van der Waals surface area (Å²) in [5.41, 5.74) is 2.74. The van der Waals surface area contributed by atoms with Crippen molar-refractivity contribution in [2.24, 2.45) is 0 Å².